The summed E-state index contributed by atoms with van der Waals surface area (Å²) >= 11 is 0. The molecule has 5 atom stereocenters. The van der Waals surface area contributed by atoms with E-state index in [-0.39, 0.29) is 18.3 Å². The van der Waals surface area contributed by atoms with E-state index in [2.05, 4.69) is 9.47 Å². The molecule has 0 aliphatic carbocycles. The van der Waals surface area contributed by atoms with Gasteiger partial charge in [0.1, 0.15) is 18.3 Å². The lowest BCUT2D eigenvalue weighted by atomic mass is 10.1. The highest BCUT2D eigenvalue weighted by Gasteiger charge is 2.49. The lowest BCUT2D eigenvalue weighted by Crippen LogP contribution is -2.34. The Morgan fingerprint density at radius 3 is 2.43 bits per heavy atom. The molecule has 6 nitrogen and oxygen atoms in total. The van der Waals surface area contributed by atoms with Crippen LogP contribution in [0.4, 0.5) is 0 Å². The fraction of sp³-hybridized carbons (Fsp3) is 0.429. The van der Waals surface area contributed by atoms with Crippen LogP contribution >= 0.6 is 9.47 Å². The number of benzene rings is 1. The van der Waals surface area contributed by atoms with Gasteiger partial charge in [-0.25, -0.2) is 4.79 Å². The van der Waals surface area contributed by atoms with E-state index in [1.807, 2.05) is 6.07 Å². The number of nitrogens with zero attached hydrogens (tertiary/aromatic N) is 1. The summed E-state index contributed by atoms with van der Waals surface area (Å²) in [5.41, 5.74) is 0.893. The molecule has 1 aromatic carbocycles. The minimum atomic E-state index is -0.451. The second-order valence-corrected chi connectivity index (χ2v) is 5.18. The maximum absolute atomic E-state index is 12.1. The van der Waals surface area contributed by atoms with Gasteiger partial charge in [-0.1, -0.05) is 0 Å². The highest BCUT2D eigenvalue weighted by Crippen LogP contribution is 2.31. The number of hydrogen-bond donors (Lipinski definition) is 0. The maximum Gasteiger partial charge on any atom is 0.338 e. The first-order valence-electron chi connectivity index (χ1n) is 6.53. The summed E-state index contributed by atoms with van der Waals surface area (Å²) in [7, 11) is 2.20. The Bertz CT molecular complexity index is 570. The SMILES string of the molecule is N#Cc1ccc(C(=O)OC2COC3C(OP)COC23)cc1. The van der Waals surface area contributed by atoms with Gasteiger partial charge in [0.25, 0.3) is 0 Å². The van der Waals surface area contributed by atoms with Crippen LogP contribution in [-0.4, -0.2) is 43.6 Å². The van der Waals surface area contributed by atoms with Gasteiger partial charge in [0.2, 0.25) is 0 Å². The third-order valence-electron chi connectivity index (χ3n) is 3.65. The van der Waals surface area contributed by atoms with Gasteiger partial charge >= 0.3 is 5.97 Å². The first-order valence-corrected chi connectivity index (χ1v) is 7.00. The maximum atomic E-state index is 12.1. The van der Waals surface area contributed by atoms with Crippen molar-refractivity contribution in [3.8, 4) is 6.07 Å². The monoisotopic (exact) mass is 307 g/mol. The Balaban J connectivity index is 1.64. The highest BCUT2D eigenvalue weighted by molar-refractivity contribution is 7.09. The van der Waals surface area contributed by atoms with Crippen LogP contribution in [0.3, 0.4) is 0 Å². The van der Waals surface area contributed by atoms with Gasteiger partial charge in [-0.3, -0.25) is 0 Å². The Morgan fingerprint density at radius 2 is 1.81 bits per heavy atom. The van der Waals surface area contributed by atoms with Crippen molar-refractivity contribution in [1.29, 1.82) is 5.26 Å². The fourth-order valence-corrected chi connectivity index (χ4v) is 2.77. The van der Waals surface area contributed by atoms with Gasteiger partial charge in [-0.15, -0.1) is 0 Å². The van der Waals surface area contributed by atoms with Crippen molar-refractivity contribution in [3.63, 3.8) is 0 Å². The van der Waals surface area contributed by atoms with Crippen LogP contribution in [-0.2, 0) is 18.7 Å². The van der Waals surface area contributed by atoms with E-state index in [4.69, 9.17) is 24.0 Å². The molecule has 2 heterocycles. The summed E-state index contributed by atoms with van der Waals surface area (Å²) in [4.78, 5) is 12.1. The number of carbonyl (C=O) groups excluding carboxylic acids is 1. The minimum Gasteiger partial charge on any atom is -0.453 e. The molecular formula is C14H14NO5P. The molecule has 1 aromatic rings. The van der Waals surface area contributed by atoms with Gasteiger partial charge in [0.05, 0.1) is 30.4 Å². The molecule has 2 aliphatic heterocycles. The first kappa shape index (κ1) is 14.4. The number of esters is 1. The average Bonchev–Trinajstić information content (AvgIpc) is 3.10. The van der Waals surface area contributed by atoms with Crippen molar-refractivity contribution in [3.05, 3.63) is 35.4 Å². The topological polar surface area (TPSA) is 77.8 Å². The van der Waals surface area contributed by atoms with Crippen LogP contribution in [0.25, 0.3) is 0 Å². The van der Waals surface area contributed by atoms with Crippen molar-refractivity contribution in [2.75, 3.05) is 13.2 Å². The van der Waals surface area contributed by atoms with E-state index in [0.717, 1.165) is 0 Å². The number of hydrogen-bond acceptors (Lipinski definition) is 6. The quantitative estimate of drug-likeness (QED) is 0.614. The number of carbonyl (C=O) groups is 1. The van der Waals surface area contributed by atoms with Gasteiger partial charge in [-0.2, -0.15) is 5.26 Å². The van der Waals surface area contributed by atoms with E-state index in [9.17, 15) is 4.79 Å². The standard InChI is InChI=1S/C14H14NO5P/c15-5-8-1-3-9(4-2-8)14(16)19-10-6-17-13-11(20-21)7-18-12(10)13/h1-4,10-13H,6-7,21H2. The second kappa shape index (κ2) is 6.08. The van der Waals surface area contributed by atoms with Gasteiger partial charge in [-0.05, 0) is 24.3 Å². The van der Waals surface area contributed by atoms with Crippen LogP contribution in [0.5, 0.6) is 0 Å². The van der Waals surface area contributed by atoms with Gasteiger partial charge in [0, 0.05) is 9.47 Å². The Hall–Kier alpha value is -1.51. The Morgan fingerprint density at radius 1 is 1.19 bits per heavy atom. The molecule has 5 unspecified atom stereocenters. The average molecular weight is 307 g/mol. The van der Waals surface area contributed by atoms with Crippen LogP contribution in [0.1, 0.15) is 15.9 Å². The van der Waals surface area contributed by atoms with Crippen molar-refractivity contribution >= 4 is 15.4 Å². The van der Waals surface area contributed by atoms with Crippen LogP contribution in [0, 0.1) is 11.3 Å². The van der Waals surface area contributed by atoms with E-state index >= 15 is 0 Å². The smallest absolute Gasteiger partial charge is 0.338 e. The molecule has 0 bridgehead atoms. The largest absolute Gasteiger partial charge is 0.453 e. The van der Waals surface area contributed by atoms with Crippen LogP contribution in [0.15, 0.2) is 24.3 Å². The van der Waals surface area contributed by atoms with Crippen molar-refractivity contribution in [2.24, 2.45) is 0 Å². The zero-order chi connectivity index (χ0) is 14.8. The summed E-state index contributed by atoms with van der Waals surface area (Å²) in [5.74, 6) is -0.451. The molecule has 7 heteroatoms. The third kappa shape index (κ3) is 2.78. The molecule has 21 heavy (non-hydrogen) atoms. The molecule has 0 saturated carbocycles. The van der Waals surface area contributed by atoms with Gasteiger partial charge < -0.3 is 18.7 Å². The number of rotatable bonds is 3. The summed E-state index contributed by atoms with van der Waals surface area (Å²) in [6.45, 7) is 0.714. The van der Waals surface area contributed by atoms with E-state index in [1.165, 1.54) is 0 Å². The molecular weight excluding hydrogens is 293 g/mol. The number of fused-ring (bicyclic) bond motifs is 1. The van der Waals surface area contributed by atoms with Crippen molar-refractivity contribution in [1.82, 2.24) is 0 Å². The lowest BCUT2D eigenvalue weighted by Gasteiger charge is -2.16. The van der Waals surface area contributed by atoms with Gasteiger partial charge in [0.15, 0.2) is 6.10 Å². The predicted octanol–water partition coefficient (Wildman–Crippen LogP) is 1.06. The molecule has 0 amide bonds. The summed E-state index contributed by atoms with van der Waals surface area (Å²) in [6.07, 6.45) is -1.10. The van der Waals surface area contributed by atoms with E-state index in [1.54, 1.807) is 24.3 Å². The fourth-order valence-electron chi connectivity index (χ4n) is 2.53. The Kier molecular flexibility index (Phi) is 4.18. The Labute approximate surface area is 124 Å². The predicted molar refractivity (Wildman–Crippen MR) is 74.4 cm³/mol. The zero-order valence-electron chi connectivity index (χ0n) is 11.1. The number of nitriles is 1. The van der Waals surface area contributed by atoms with Crippen LogP contribution in [0.2, 0.25) is 0 Å². The minimum absolute atomic E-state index is 0.154. The molecule has 0 radical (unpaired) electrons. The second-order valence-electron chi connectivity index (χ2n) is 4.90. The first-order chi connectivity index (χ1) is 10.2. The molecule has 0 N–H and O–H groups in total. The molecule has 110 valence electrons. The molecule has 0 aromatic heterocycles. The summed E-state index contributed by atoms with van der Waals surface area (Å²) < 4.78 is 21.8. The number of ether oxygens (including phenoxy) is 3. The van der Waals surface area contributed by atoms with E-state index < -0.39 is 12.1 Å². The normalized spacial score (nSPS) is 30.7. The molecule has 2 fully saturated rings. The molecule has 2 saturated heterocycles. The molecule has 3 rings (SSSR count). The molecule has 0 spiro atoms. The van der Waals surface area contributed by atoms with Crippen molar-refractivity contribution in [2.45, 2.75) is 24.4 Å². The van der Waals surface area contributed by atoms with Crippen molar-refractivity contribution < 1.29 is 23.5 Å². The molecule has 2 aliphatic rings. The van der Waals surface area contributed by atoms with Crippen LogP contribution < -0.4 is 0 Å². The highest BCUT2D eigenvalue weighted by atomic mass is 31.0. The lowest BCUT2D eigenvalue weighted by molar-refractivity contribution is -0.0182. The summed E-state index contributed by atoms with van der Waals surface area (Å²) in [5, 5.41) is 8.74. The summed E-state index contributed by atoms with van der Waals surface area (Å²) in [6, 6.07) is 8.29. The third-order valence-corrected chi connectivity index (χ3v) is 4.00. The van der Waals surface area contributed by atoms with E-state index in [0.29, 0.717) is 24.3 Å². The zero-order valence-corrected chi connectivity index (χ0v) is 12.3.